The van der Waals surface area contributed by atoms with E-state index in [1.165, 1.54) is 10.7 Å². The predicted octanol–water partition coefficient (Wildman–Crippen LogP) is 3.66. The Morgan fingerprint density at radius 1 is 1.05 bits per heavy atom. The third-order valence-electron chi connectivity index (χ3n) is 7.87. The largest absolute Gasteiger partial charge is 0.473 e. The van der Waals surface area contributed by atoms with E-state index in [0.717, 1.165) is 60.2 Å². The standard InChI is InChI=1S/C30H35N7O4/c1-3-31-26-18-25-24(19-32-26)29(20-4-6-21(7-5-20)30(39)36-14-16-40-17-15-36)34-37(25)22-8-10-23(11-9-22)41-27-12-13-28(38)35(2)33-27/h4-7,12-13,18-19,22-23H,3,8-11,14-17H2,1-2H3,(H,31,32). The first-order chi connectivity index (χ1) is 20.0. The zero-order chi connectivity index (χ0) is 28.3. The molecule has 11 heteroatoms. The number of carbonyl (C=O) groups is 1. The van der Waals surface area contributed by atoms with E-state index in [4.69, 9.17) is 14.6 Å². The van der Waals surface area contributed by atoms with Gasteiger partial charge in [-0.15, -0.1) is 5.10 Å². The number of fused-ring (bicyclic) bond motifs is 1. The number of morpholine rings is 1. The molecule has 1 aliphatic carbocycles. The lowest BCUT2D eigenvalue weighted by atomic mass is 9.93. The number of benzene rings is 1. The highest BCUT2D eigenvalue weighted by molar-refractivity contribution is 5.97. The van der Waals surface area contributed by atoms with Crippen LogP contribution in [0.1, 0.15) is 49.0 Å². The summed E-state index contributed by atoms with van der Waals surface area (Å²) < 4.78 is 14.9. The lowest BCUT2D eigenvalue weighted by Gasteiger charge is -2.29. The van der Waals surface area contributed by atoms with Crippen LogP contribution in [-0.4, -0.2) is 74.3 Å². The van der Waals surface area contributed by atoms with Crippen LogP contribution in [0, 0.1) is 0 Å². The minimum absolute atomic E-state index is 0.0269. The fourth-order valence-corrected chi connectivity index (χ4v) is 5.64. The van der Waals surface area contributed by atoms with Crippen LogP contribution < -0.4 is 15.6 Å². The smallest absolute Gasteiger partial charge is 0.266 e. The molecular formula is C30H35N7O4. The molecule has 2 fully saturated rings. The molecule has 1 N–H and O–H groups in total. The lowest BCUT2D eigenvalue weighted by Crippen LogP contribution is -2.40. The minimum atomic E-state index is -0.160. The molecule has 0 unspecified atom stereocenters. The van der Waals surface area contributed by atoms with Crippen molar-refractivity contribution in [3.63, 3.8) is 0 Å². The number of pyridine rings is 1. The Bertz CT molecular complexity index is 1580. The SMILES string of the molecule is CCNc1cc2c(cn1)c(-c1ccc(C(=O)N3CCOCC3)cc1)nn2C1CCC(Oc2ccc(=O)n(C)n2)CC1. The Hall–Kier alpha value is -4.25. The van der Waals surface area contributed by atoms with E-state index in [2.05, 4.69) is 33.1 Å². The highest BCUT2D eigenvalue weighted by Gasteiger charge is 2.27. The van der Waals surface area contributed by atoms with Gasteiger partial charge in [0, 0.05) is 67.6 Å². The van der Waals surface area contributed by atoms with Gasteiger partial charge in [0.1, 0.15) is 17.6 Å². The zero-order valence-electron chi connectivity index (χ0n) is 23.5. The second-order valence-electron chi connectivity index (χ2n) is 10.6. The van der Waals surface area contributed by atoms with Crippen LogP contribution in [0.4, 0.5) is 5.82 Å². The quantitative estimate of drug-likeness (QED) is 0.366. The maximum atomic E-state index is 12.9. The van der Waals surface area contributed by atoms with E-state index in [9.17, 15) is 9.59 Å². The monoisotopic (exact) mass is 557 g/mol. The van der Waals surface area contributed by atoms with E-state index in [-0.39, 0.29) is 23.6 Å². The highest BCUT2D eigenvalue weighted by Crippen LogP contribution is 2.36. The van der Waals surface area contributed by atoms with E-state index in [1.54, 1.807) is 13.1 Å². The number of nitrogens with zero attached hydrogens (tertiary/aromatic N) is 6. The van der Waals surface area contributed by atoms with Crippen LogP contribution in [0.2, 0.25) is 0 Å². The number of amides is 1. The molecule has 11 nitrogen and oxygen atoms in total. The Kier molecular flexibility index (Phi) is 7.69. The van der Waals surface area contributed by atoms with Crippen molar-refractivity contribution in [2.45, 2.75) is 44.8 Å². The van der Waals surface area contributed by atoms with Crippen molar-refractivity contribution < 1.29 is 14.3 Å². The molecule has 0 radical (unpaired) electrons. The molecule has 0 atom stereocenters. The van der Waals surface area contributed by atoms with E-state index in [1.807, 2.05) is 35.4 Å². The van der Waals surface area contributed by atoms with Crippen molar-refractivity contribution in [3.8, 4) is 17.1 Å². The summed E-state index contributed by atoms with van der Waals surface area (Å²) in [5.74, 6) is 1.32. The van der Waals surface area contributed by atoms with Gasteiger partial charge in [0.2, 0.25) is 5.88 Å². The molecule has 1 aliphatic heterocycles. The molecule has 1 saturated carbocycles. The summed E-state index contributed by atoms with van der Waals surface area (Å²) in [6, 6.07) is 13.1. The van der Waals surface area contributed by atoms with Crippen molar-refractivity contribution in [2.24, 2.45) is 7.05 Å². The van der Waals surface area contributed by atoms with Crippen molar-refractivity contribution in [1.29, 1.82) is 0 Å². The Balaban J connectivity index is 1.24. The normalized spacial score (nSPS) is 19.3. The molecule has 214 valence electrons. The fourth-order valence-electron chi connectivity index (χ4n) is 5.64. The van der Waals surface area contributed by atoms with Gasteiger partial charge in [-0.1, -0.05) is 12.1 Å². The molecule has 1 amide bonds. The molecule has 0 bridgehead atoms. The molecule has 2 aliphatic rings. The Morgan fingerprint density at radius 3 is 2.51 bits per heavy atom. The summed E-state index contributed by atoms with van der Waals surface area (Å²) in [4.78, 5) is 31.1. The van der Waals surface area contributed by atoms with Crippen LogP contribution in [-0.2, 0) is 11.8 Å². The molecule has 41 heavy (non-hydrogen) atoms. The van der Waals surface area contributed by atoms with Crippen molar-refractivity contribution in [1.82, 2.24) is 29.4 Å². The molecule has 6 rings (SSSR count). The highest BCUT2D eigenvalue weighted by atomic mass is 16.5. The summed E-state index contributed by atoms with van der Waals surface area (Å²) in [6.07, 6.45) is 5.44. The average Bonchev–Trinajstić information content (AvgIpc) is 3.38. The fraction of sp³-hybridized carbons (Fsp3) is 0.433. The second kappa shape index (κ2) is 11.7. The molecule has 1 saturated heterocycles. The maximum Gasteiger partial charge on any atom is 0.266 e. The summed E-state index contributed by atoms with van der Waals surface area (Å²) in [5.41, 5.74) is 3.34. The van der Waals surface area contributed by atoms with Crippen molar-refractivity contribution in [3.05, 3.63) is 64.6 Å². The number of aromatic nitrogens is 5. The van der Waals surface area contributed by atoms with Crippen molar-refractivity contribution >= 4 is 22.6 Å². The number of aryl methyl sites for hydroxylation is 1. The minimum Gasteiger partial charge on any atom is -0.473 e. The lowest BCUT2D eigenvalue weighted by molar-refractivity contribution is 0.0303. The number of ether oxygens (including phenoxy) is 2. The molecule has 1 aromatic carbocycles. The van der Waals surface area contributed by atoms with Crippen LogP contribution in [0.3, 0.4) is 0 Å². The molecule has 3 aromatic heterocycles. The molecule has 4 heterocycles. The Morgan fingerprint density at radius 2 is 1.80 bits per heavy atom. The first kappa shape index (κ1) is 26.9. The van der Waals surface area contributed by atoms with E-state index >= 15 is 0 Å². The van der Waals surface area contributed by atoms with Gasteiger partial charge < -0.3 is 19.7 Å². The summed E-state index contributed by atoms with van der Waals surface area (Å²) >= 11 is 0. The zero-order valence-corrected chi connectivity index (χ0v) is 23.5. The van der Waals surface area contributed by atoms with Gasteiger partial charge in [-0.25, -0.2) is 9.67 Å². The number of carbonyl (C=O) groups excluding carboxylic acids is 1. The van der Waals surface area contributed by atoms with E-state index in [0.29, 0.717) is 37.7 Å². The van der Waals surface area contributed by atoms with Gasteiger partial charge in [0.25, 0.3) is 11.5 Å². The third-order valence-corrected chi connectivity index (χ3v) is 7.87. The van der Waals surface area contributed by atoms with Gasteiger partial charge in [0.15, 0.2) is 0 Å². The number of nitrogens with one attached hydrogen (secondary N) is 1. The predicted molar refractivity (Wildman–Crippen MR) is 155 cm³/mol. The van der Waals surface area contributed by atoms with Gasteiger partial charge in [-0.3, -0.25) is 14.3 Å². The second-order valence-corrected chi connectivity index (χ2v) is 10.6. The van der Waals surface area contributed by atoms with E-state index < -0.39 is 0 Å². The average molecular weight is 558 g/mol. The van der Waals surface area contributed by atoms with Crippen molar-refractivity contribution in [2.75, 3.05) is 38.2 Å². The number of hydrogen-bond donors (Lipinski definition) is 1. The molecule has 0 spiro atoms. The maximum absolute atomic E-state index is 12.9. The summed E-state index contributed by atoms with van der Waals surface area (Å²) in [7, 11) is 1.62. The van der Waals surface area contributed by atoms with Gasteiger partial charge in [0.05, 0.1) is 24.8 Å². The van der Waals surface area contributed by atoms with Crippen LogP contribution in [0.15, 0.2) is 53.5 Å². The van der Waals surface area contributed by atoms with Gasteiger partial charge in [-0.05, 0) is 44.7 Å². The topological polar surface area (TPSA) is 116 Å². The van der Waals surface area contributed by atoms with Crippen LogP contribution >= 0.6 is 0 Å². The molecular weight excluding hydrogens is 522 g/mol. The third kappa shape index (κ3) is 5.67. The first-order valence-corrected chi connectivity index (χ1v) is 14.3. The van der Waals surface area contributed by atoms with Crippen LogP contribution in [0.5, 0.6) is 5.88 Å². The Labute approximate surface area is 238 Å². The number of rotatable bonds is 7. The number of anilines is 1. The van der Waals surface area contributed by atoms with Gasteiger partial charge in [-0.2, -0.15) is 5.10 Å². The summed E-state index contributed by atoms with van der Waals surface area (Å²) in [5, 5.41) is 13.6. The first-order valence-electron chi connectivity index (χ1n) is 14.3. The summed E-state index contributed by atoms with van der Waals surface area (Å²) in [6.45, 7) is 5.21. The van der Waals surface area contributed by atoms with Crippen LogP contribution in [0.25, 0.3) is 22.2 Å². The van der Waals surface area contributed by atoms with Gasteiger partial charge >= 0.3 is 0 Å². The number of hydrogen-bond acceptors (Lipinski definition) is 8. The molecule has 4 aromatic rings.